The molecule has 1 aliphatic heterocycles. The number of ether oxygens (including phenoxy) is 1. The van der Waals surface area contributed by atoms with E-state index in [0.29, 0.717) is 22.5 Å². The Balaban J connectivity index is 1.85. The predicted molar refractivity (Wildman–Crippen MR) is 114 cm³/mol. The molecule has 0 spiro atoms. The highest BCUT2D eigenvalue weighted by atomic mass is 32.2. The summed E-state index contributed by atoms with van der Waals surface area (Å²) in [6.07, 6.45) is 1.94. The fourth-order valence-electron chi connectivity index (χ4n) is 2.77. The maximum Gasteiger partial charge on any atom is 0.266 e. The molecule has 1 amide bonds. The molecule has 0 aliphatic carbocycles. The molecule has 0 N–H and O–H groups in total. The number of benzene rings is 2. The molecule has 27 heavy (non-hydrogen) atoms. The van der Waals surface area contributed by atoms with E-state index in [-0.39, 0.29) is 5.91 Å². The summed E-state index contributed by atoms with van der Waals surface area (Å²) in [5.74, 6) is 1.28. The topological polar surface area (TPSA) is 41.9 Å². The van der Waals surface area contributed by atoms with Crippen molar-refractivity contribution in [3.8, 4) is 5.75 Å². The van der Waals surface area contributed by atoms with E-state index in [1.807, 2.05) is 37.3 Å². The summed E-state index contributed by atoms with van der Waals surface area (Å²) >= 11 is 1.42. The van der Waals surface area contributed by atoms with Crippen molar-refractivity contribution in [2.45, 2.75) is 26.7 Å². The van der Waals surface area contributed by atoms with Crippen LogP contribution in [-0.2, 0) is 4.79 Å². The Labute approximate surface area is 164 Å². The maximum atomic E-state index is 12.8. The van der Waals surface area contributed by atoms with Gasteiger partial charge in [0.05, 0.1) is 17.7 Å². The zero-order valence-electron chi connectivity index (χ0n) is 16.1. The summed E-state index contributed by atoms with van der Waals surface area (Å²) in [4.78, 5) is 19.8. The highest BCUT2D eigenvalue weighted by Gasteiger charge is 2.32. The molecule has 0 unspecified atom stereocenters. The van der Waals surface area contributed by atoms with E-state index in [1.165, 1.54) is 17.3 Å². The monoisotopic (exact) mass is 380 g/mol. The van der Waals surface area contributed by atoms with E-state index in [1.54, 1.807) is 12.0 Å². The minimum atomic E-state index is 0.00250. The standard InChI is InChI=1S/C22H24N2O2S/c1-5-24-21(25)20(14-16-6-8-17(9-7-16)15(2)3)27-22(24)23-18-10-12-19(26-4)13-11-18/h6-15H,5H2,1-4H3/b20-14+,23-22?. The molecule has 3 rings (SSSR count). The summed E-state index contributed by atoms with van der Waals surface area (Å²) in [6.45, 7) is 6.89. The number of thioether (sulfide) groups is 1. The van der Waals surface area contributed by atoms with Gasteiger partial charge in [-0.3, -0.25) is 9.69 Å². The number of likely N-dealkylation sites (N-methyl/N-ethyl adjacent to an activating group) is 1. The number of carbonyl (C=O) groups is 1. The third-order valence-electron chi connectivity index (χ3n) is 4.40. The van der Waals surface area contributed by atoms with E-state index < -0.39 is 0 Å². The molecule has 2 aromatic rings. The van der Waals surface area contributed by atoms with E-state index in [0.717, 1.165) is 17.0 Å². The molecule has 0 radical (unpaired) electrons. The summed E-state index contributed by atoms with van der Waals surface area (Å²) in [6, 6.07) is 15.9. The van der Waals surface area contributed by atoms with Gasteiger partial charge in [-0.2, -0.15) is 0 Å². The Hall–Kier alpha value is -2.53. The molecule has 1 heterocycles. The van der Waals surface area contributed by atoms with Crippen LogP contribution in [0.4, 0.5) is 5.69 Å². The van der Waals surface area contributed by atoms with Crippen molar-refractivity contribution in [3.05, 3.63) is 64.6 Å². The minimum absolute atomic E-state index is 0.00250. The van der Waals surface area contributed by atoms with Crippen LogP contribution in [0.5, 0.6) is 5.75 Å². The van der Waals surface area contributed by atoms with Crippen molar-refractivity contribution in [2.75, 3.05) is 13.7 Å². The van der Waals surface area contributed by atoms with Crippen molar-refractivity contribution < 1.29 is 9.53 Å². The summed E-state index contributed by atoms with van der Waals surface area (Å²) < 4.78 is 5.18. The van der Waals surface area contributed by atoms with E-state index in [2.05, 4.69) is 43.1 Å². The van der Waals surface area contributed by atoms with E-state index in [9.17, 15) is 4.79 Å². The molecule has 1 fully saturated rings. The second-order valence-electron chi connectivity index (χ2n) is 6.57. The number of methoxy groups -OCH3 is 1. The van der Waals surface area contributed by atoms with Gasteiger partial charge in [0.25, 0.3) is 5.91 Å². The van der Waals surface area contributed by atoms with Gasteiger partial charge < -0.3 is 4.74 Å². The number of rotatable bonds is 5. The first-order chi connectivity index (χ1) is 13.0. The summed E-state index contributed by atoms with van der Waals surface area (Å²) in [7, 11) is 1.63. The lowest BCUT2D eigenvalue weighted by molar-refractivity contribution is -0.122. The molecule has 0 bridgehead atoms. The first kappa shape index (κ1) is 19.2. The fourth-order valence-corrected chi connectivity index (χ4v) is 3.83. The van der Waals surface area contributed by atoms with Gasteiger partial charge >= 0.3 is 0 Å². The molecular weight excluding hydrogens is 356 g/mol. The first-order valence-corrected chi connectivity index (χ1v) is 9.87. The third kappa shape index (κ3) is 4.42. The van der Waals surface area contributed by atoms with Crippen LogP contribution in [0.15, 0.2) is 58.4 Å². The van der Waals surface area contributed by atoms with Crippen LogP contribution >= 0.6 is 11.8 Å². The zero-order chi connectivity index (χ0) is 19.4. The van der Waals surface area contributed by atoms with Crippen molar-refractivity contribution in [1.29, 1.82) is 0 Å². The number of aliphatic imine (C=N–C) groups is 1. The molecular formula is C22H24N2O2S. The van der Waals surface area contributed by atoms with Crippen molar-refractivity contribution in [3.63, 3.8) is 0 Å². The lowest BCUT2D eigenvalue weighted by atomic mass is 10.0. The number of amides is 1. The van der Waals surface area contributed by atoms with Crippen LogP contribution in [0, 0.1) is 0 Å². The second kappa shape index (κ2) is 8.44. The lowest BCUT2D eigenvalue weighted by Gasteiger charge is -2.12. The molecule has 140 valence electrons. The number of carbonyl (C=O) groups excluding carboxylic acids is 1. The van der Waals surface area contributed by atoms with Gasteiger partial charge in [-0.05, 0) is 66.1 Å². The lowest BCUT2D eigenvalue weighted by Crippen LogP contribution is -2.28. The van der Waals surface area contributed by atoms with Gasteiger partial charge in [0.1, 0.15) is 5.75 Å². The van der Waals surface area contributed by atoms with Crippen LogP contribution < -0.4 is 4.74 Å². The quantitative estimate of drug-likeness (QED) is 0.648. The van der Waals surface area contributed by atoms with Gasteiger partial charge in [-0.25, -0.2) is 4.99 Å². The second-order valence-corrected chi connectivity index (χ2v) is 7.58. The highest BCUT2D eigenvalue weighted by molar-refractivity contribution is 8.18. The average molecular weight is 381 g/mol. The fraction of sp³-hybridized carbons (Fsp3) is 0.273. The molecule has 2 aromatic carbocycles. The minimum Gasteiger partial charge on any atom is -0.497 e. The van der Waals surface area contributed by atoms with Crippen molar-refractivity contribution in [1.82, 2.24) is 4.90 Å². The third-order valence-corrected chi connectivity index (χ3v) is 5.41. The molecule has 5 heteroatoms. The maximum absolute atomic E-state index is 12.8. The number of hydrogen-bond acceptors (Lipinski definition) is 4. The summed E-state index contributed by atoms with van der Waals surface area (Å²) in [5.41, 5.74) is 3.11. The molecule has 1 saturated heterocycles. The van der Waals surface area contributed by atoms with Gasteiger partial charge in [0.15, 0.2) is 5.17 Å². The van der Waals surface area contributed by atoms with Gasteiger partial charge in [0, 0.05) is 6.54 Å². The van der Waals surface area contributed by atoms with Gasteiger partial charge in [0.2, 0.25) is 0 Å². The highest BCUT2D eigenvalue weighted by Crippen LogP contribution is 2.34. The average Bonchev–Trinajstić information content (AvgIpc) is 2.97. The van der Waals surface area contributed by atoms with Crippen molar-refractivity contribution in [2.24, 2.45) is 4.99 Å². The molecule has 0 aromatic heterocycles. The van der Waals surface area contributed by atoms with E-state index in [4.69, 9.17) is 4.74 Å². The first-order valence-electron chi connectivity index (χ1n) is 9.06. The number of hydrogen-bond donors (Lipinski definition) is 0. The molecule has 0 atom stereocenters. The summed E-state index contributed by atoms with van der Waals surface area (Å²) in [5, 5.41) is 0.706. The smallest absolute Gasteiger partial charge is 0.266 e. The van der Waals surface area contributed by atoms with Crippen LogP contribution in [-0.4, -0.2) is 29.6 Å². The molecule has 0 saturated carbocycles. The Morgan fingerprint density at radius 3 is 2.33 bits per heavy atom. The Bertz CT molecular complexity index is 868. The van der Waals surface area contributed by atoms with Crippen molar-refractivity contribution >= 4 is 34.6 Å². The van der Waals surface area contributed by atoms with Gasteiger partial charge in [-0.1, -0.05) is 38.1 Å². The predicted octanol–water partition coefficient (Wildman–Crippen LogP) is 5.44. The van der Waals surface area contributed by atoms with Gasteiger partial charge in [-0.15, -0.1) is 0 Å². The molecule has 1 aliphatic rings. The van der Waals surface area contributed by atoms with Crippen LogP contribution in [0.1, 0.15) is 37.8 Å². The number of nitrogens with zero attached hydrogens (tertiary/aromatic N) is 2. The van der Waals surface area contributed by atoms with Crippen LogP contribution in [0.25, 0.3) is 6.08 Å². The zero-order valence-corrected chi connectivity index (χ0v) is 16.9. The SMILES string of the molecule is CCN1C(=O)/C(=C\c2ccc(C(C)C)cc2)SC1=Nc1ccc(OC)cc1. The van der Waals surface area contributed by atoms with Crippen LogP contribution in [0.2, 0.25) is 0 Å². The Morgan fingerprint density at radius 1 is 1.11 bits per heavy atom. The molecule has 4 nitrogen and oxygen atoms in total. The van der Waals surface area contributed by atoms with E-state index >= 15 is 0 Å². The Morgan fingerprint density at radius 2 is 1.78 bits per heavy atom. The Kier molecular flexibility index (Phi) is 6.01. The largest absolute Gasteiger partial charge is 0.497 e. The van der Waals surface area contributed by atoms with Crippen LogP contribution in [0.3, 0.4) is 0 Å². The number of amidine groups is 1. The normalized spacial score (nSPS) is 17.4.